The quantitative estimate of drug-likeness (QED) is 0.859. The Bertz CT molecular complexity index is 614. The topological polar surface area (TPSA) is 95.9 Å². The first kappa shape index (κ1) is 15.8. The minimum Gasteiger partial charge on any atom is -0.495 e. The maximum Gasteiger partial charge on any atom is 0.308 e. The fourth-order valence-electron chi connectivity index (χ4n) is 2.32. The molecule has 0 aliphatic carbocycles. The fraction of sp³-hybridized carbons (Fsp3) is 0.400. The maximum absolute atomic E-state index is 12.0. The number of carbonyl (C=O) groups excluding carboxylic acids is 2. The molecule has 1 aromatic carbocycles. The van der Waals surface area contributed by atoms with Gasteiger partial charge in [0.25, 0.3) is 0 Å². The van der Waals surface area contributed by atoms with Gasteiger partial charge in [-0.05, 0) is 18.2 Å². The molecule has 0 aromatic heterocycles. The number of carboxylic acids is 1. The third kappa shape index (κ3) is 3.19. The van der Waals surface area contributed by atoms with Crippen molar-refractivity contribution >= 4 is 29.2 Å². The van der Waals surface area contributed by atoms with E-state index in [2.05, 4.69) is 5.32 Å². The Balaban J connectivity index is 2.28. The van der Waals surface area contributed by atoms with Gasteiger partial charge in [-0.3, -0.25) is 14.4 Å². The smallest absolute Gasteiger partial charge is 0.308 e. The molecule has 0 radical (unpaired) electrons. The monoisotopic (exact) mass is 306 g/mol. The minimum absolute atomic E-state index is 0.0159. The first-order valence-electron chi connectivity index (χ1n) is 6.97. The number of nitrogens with one attached hydrogen (secondary N) is 1. The van der Waals surface area contributed by atoms with Crippen LogP contribution in [0.2, 0.25) is 0 Å². The number of methoxy groups -OCH3 is 1. The number of hydrogen-bond acceptors (Lipinski definition) is 4. The molecule has 0 saturated carbocycles. The lowest BCUT2D eigenvalue weighted by Gasteiger charge is -2.19. The van der Waals surface area contributed by atoms with Gasteiger partial charge in [-0.25, -0.2) is 0 Å². The molecule has 1 aromatic rings. The van der Waals surface area contributed by atoms with Crippen LogP contribution in [0.3, 0.4) is 0 Å². The first-order valence-corrected chi connectivity index (χ1v) is 6.97. The van der Waals surface area contributed by atoms with Crippen molar-refractivity contribution in [3.63, 3.8) is 0 Å². The van der Waals surface area contributed by atoms with Crippen molar-refractivity contribution in [2.24, 2.45) is 5.92 Å². The Hall–Kier alpha value is -2.57. The molecule has 1 atom stereocenters. The standard InChI is InChI=1S/C15H18N2O5/c1-3-13(18)16-11-7-10(4-5-12(11)22-2)17-8-9(15(20)21)6-14(17)19/h4-5,7,9H,3,6,8H2,1-2H3,(H,16,18)(H,20,21)/t9-/m1/s1. The molecule has 7 heteroatoms. The highest BCUT2D eigenvalue weighted by molar-refractivity contribution is 6.00. The Morgan fingerprint density at radius 3 is 2.73 bits per heavy atom. The number of carboxylic acid groups (broad SMARTS) is 1. The van der Waals surface area contributed by atoms with Gasteiger partial charge in [0.2, 0.25) is 11.8 Å². The molecule has 7 nitrogen and oxygen atoms in total. The van der Waals surface area contributed by atoms with Gasteiger partial charge < -0.3 is 20.1 Å². The Labute approximate surface area is 127 Å². The van der Waals surface area contributed by atoms with E-state index in [1.54, 1.807) is 25.1 Å². The SMILES string of the molecule is CCC(=O)Nc1cc(N2C[C@H](C(=O)O)CC2=O)ccc1OC. The third-order valence-electron chi connectivity index (χ3n) is 3.56. The highest BCUT2D eigenvalue weighted by Gasteiger charge is 2.35. The third-order valence-corrected chi connectivity index (χ3v) is 3.56. The number of carbonyl (C=O) groups is 3. The highest BCUT2D eigenvalue weighted by atomic mass is 16.5. The lowest BCUT2D eigenvalue weighted by atomic mass is 10.1. The van der Waals surface area contributed by atoms with E-state index in [1.807, 2.05) is 0 Å². The lowest BCUT2D eigenvalue weighted by molar-refractivity contribution is -0.141. The Kier molecular flexibility index (Phi) is 4.65. The molecule has 2 rings (SSSR count). The molecule has 0 bridgehead atoms. The summed E-state index contributed by atoms with van der Waals surface area (Å²) in [4.78, 5) is 36.0. The second kappa shape index (κ2) is 6.46. The van der Waals surface area contributed by atoms with Crippen molar-refractivity contribution in [1.29, 1.82) is 0 Å². The zero-order valence-electron chi connectivity index (χ0n) is 12.5. The molecule has 0 spiro atoms. The van der Waals surface area contributed by atoms with E-state index in [-0.39, 0.29) is 24.8 Å². The van der Waals surface area contributed by atoms with Crippen LogP contribution in [0.4, 0.5) is 11.4 Å². The zero-order chi connectivity index (χ0) is 16.3. The predicted octanol–water partition coefficient (Wildman–Crippen LogP) is 1.48. The van der Waals surface area contributed by atoms with Gasteiger partial charge in [0.15, 0.2) is 0 Å². The second-order valence-electron chi connectivity index (χ2n) is 5.03. The van der Waals surface area contributed by atoms with Gasteiger partial charge in [-0.2, -0.15) is 0 Å². The van der Waals surface area contributed by atoms with E-state index in [1.165, 1.54) is 12.0 Å². The number of nitrogens with zero attached hydrogens (tertiary/aromatic N) is 1. The molecule has 2 amide bonds. The number of rotatable bonds is 5. The van der Waals surface area contributed by atoms with Crippen molar-refractivity contribution in [2.45, 2.75) is 19.8 Å². The van der Waals surface area contributed by atoms with Crippen LogP contribution in [0.15, 0.2) is 18.2 Å². The molecular weight excluding hydrogens is 288 g/mol. The number of amides is 2. The summed E-state index contributed by atoms with van der Waals surface area (Å²) >= 11 is 0. The van der Waals surface area contributed by atoms with Gasteiger partial charge in [-0.15, -0.1) is 0 Å². The van der Waals surface area contributed by atoms with Crippen molar-refractivity contribution in [2.75, 3.05) is 23.9 Å². The van der Waals surface area contributed by atoms with E-state index < -0.39 is 11.9 Å². The van der Waals surface area contributed by atoms with Crippen LogP contribution in [0, 0.1) is 5.92 Å². The molecule has 1 saturated heterocycles. The predicted molar refractivity (Wildman–Crippen MR) is 80.0 cm³/mol. The lowest BCUT2D eigenvalue weighted by Crippen LogP contribution is -2.26. The van der Waals surface area contributed by atoms with E-state index in [9.17, 15) is 14.4 Å². The largest absolute Gasteiger partial charge is 0.495 e. The summed E-state index contributed by atoms with van der Waals surface area (Å²) in [5.74, 6) is -1.63. The van der Waals surface area contributed by atoms with Crippen LogP contribution in [-0.4, -0.2) is 36.5 Å². The summed E-state index contributed by atoms with van der Waals surface area (Å²) in [6, 6.07) is 4.93. The van der Waals surface area contributed by atoms with Crippen LogP contribution < -0.4 is 15.0 Å². The van der Waals surface area contributed by atoms with E-state index in [4.69, 9.17) is 9.84 Å². The average Bonchev–Trinajstić information content (AvgIpc) is 2.89. The molecule has 1 fully saturated rings. The Morgan fingerprint density at radius 2 is 2.18 bits per heavy atom. The molecule has 118 valence electrons. The first-order chi connectivity index (χ1) is 10.5. The van der Waals surface area contributed by atoms with Gasteiger partial charge in [0.05, 0.1) is 18.7 Å². The number of aliphatic carboxylic acids is 1. The second-order valence-corrected chi connectivity index (χ2v) is 5.03. The average molecular weight is 306 g/mol. The fourth-order valence-corrected chi connectivity index (χ4v) is 2.32. The highest BCUT2D eigenvalue weighted by Crippen LogP contribution is 2.32. The van der Waals surface area contributed by atoms with Crippen LogP contribution in [-0.2, 0) is 14.4 Å². The van der Waals surface area contributed by atoms with Gasteiger partial charge in [-0.1, -0.05) is 6.92 Å². The van der Waals surface area contributed by atoms with Crippen LogP contribution >= 0.6 is 0 Å². The summed E-state index contributed by atoms with van der Waals surface area (Å²) in [5.41, 5.74) is 0.999. The van der Waals surface area contributed by atoms with E-state index >= 15 is 0 Å². The molecule has 0 unspecified atom stereocenters. The van der Waals surface area contributed by atoms with Gasteiger partial charge >= 0.3 is 5.97 Å². The molecule has 1 heterocycles. The summed E-state index contributed by atoms with van der Waals surface area (Å²) in [5, 5.41) is 11.7. The molecular formula is C15H18N2O5. The van der Waals surface area contributed by atoms with Crippen LogP contribution in [0.1, 0.15) is 19.8 Å². The van der Waals surface area contributed by atoms with Crippen molar-refractivity contribution < 1.29 is 24.2 Å². The molecule has 22 heavy (non-hydrogen) atoms. The number of hydrogen-bond donors (Lipinski definition) is 2. The molecule has 1 aliphatic heterocycles. The molecule has 2 N–H and O–H groups in total. The number of anilines is 2. The zero-order valence-corrected chi connectivity index (χ0v) is 12.5. The van der Waals surface area contributed by atoms with Crippen molar-refractivity contribution in [1.82, 2.24) is 0 Å². The van der Waals surface area contributed by atoms with Crippen molar-refractivity contribution in [3.05, 3.63) is 18.2 Å². The Morgan fingerprint density at radius 1 is 1.45 bits per heavy atom. The van der Waals surface area contributed by atoms with Gasteiger partial charge in [0.1, 0.15) is 5.75 Å². The summed E-state index contributed by atoms with van der Waals surface area (Å²) < 4.78 is 5.18. The van der Waals surface area contributed by atoms with E-state index in [0.717, 1.165) is 0 Å². The normalized spacial score (nSPS) is 17.5. The van der Waals surface area contributed by atoms with Crippen LogP contribution in [0.25, 0.3) is 0 Å². The van der Waals surface area contributed by atoms with Gasteiger partial charge in [0, 0.05) is 25.1 Å². The number of ether oxygens (including phenoxy) is 1. The molecule has 1 aliphatic rings. The van der Waals surface area contributed by atoms with Crippen LogP contribution in [0.5, 0.6) is 5.75 Å². The van der Waals surface area contributed by atoms with Crippen molar-refractivity contribution in [3.8, 4) is 5.75 Å². The summed E-state index contributed by atoms with van der Waals surface area (Å²) in [7, 11) is 1.48. The minimum atomic E-state index is -0.983. The maximum atomic E-state index is 12.0. The number of benzene rings is 1. The summed E-state index contributed by atoms with van der Waals surface area (Å²) in [6.45, 7) is 1.86. The van der Waals surface area contributed by atoms with E-state index in [0.29, 0.717) is 23.5 Å². The summed E-state index contributed by atoms with van der Waals surface area (Å²) in [6.07, 6.45) is 0.301.